The molecule has 0 spiro atoms. The number of carbonyl (C=O) groups excluding carboxylic acids is 3. The molecular weight excluding hydrogens is 469 g/mol. The Bertz CT molecular complexity index is 1280. The van der Waals surface area contributed by atoms with Gasteiger partial charge >= 0.3 is 6.03 Å². The summed E-state index contributed by atoms with van der Waals surface area (Å²) >= 11 is 1.41. The minimum Gasteiger partial charge on any atom is -0.319 e. The van der Waals surface area contributed by atoms with Crippen molar-refractivity contribution >= 4 is 34.3 Å². The van der Waals surface area contributed by atoms with Crippen molar-refractivity contribution in [2.75, 3.05) is 18.4 Å². The van der Waals surface area contributed by atoms with E-state index in [1.807, 2.05) is 18.2 Å². The fraction of sp³-hybridized carbons (Fsp3) is 0.280. The van der Waals surface area contributed by atoms with E-state index < -0.39 is 35.7 Å². The van der Waals surface area contributed by atoms with Crippen molar-refractivity contribution in [2.24, 2.45) is 0 Å². The molecular formula is C25H24FN5O3S. The number of nitrogens with one attached hydrogen (secondary N) is 2. The normalized spacial score (nSPS) is 20.0. The Morgan fingerprint density at radius 3 is 2.66 bits per heavy atom. The molecule has 0 saturated carbocycles. The lowest BCUT2D eigenvalue weighted by atomic mass is 9.92. The number of carbonyl (C=O) groups is 3. The molecule has 1 unspecified atom stereocenters. The van der Waals surface area contributed by atoms with Gasteiger partial charge in [0.05, 0.1) is 5.69 Å². The maximum atomic E-state index is 13.3. The van der Waals surface area contributed by atoms with Crippen LogP contribution in [0, 0.1) is 5.82 Å². The van der Waals surface area contributed by atoms with Gasteiger partial charge in [-0.3, -0.25) is 19.4 Å². The highest BCUT2D eigenvalue weighted by Crippen LogP contribution is 2.30. The second kappa shape index (κ2) is 9.20. The summed E-state index contributed by atoms with van der Waals surface area (Å²) in [7, 11) is 0. The molecule has 10 heteroatoms. The monoisotopic (exact) mass is 493 g/mol. The van der Waals surface area contributed by atoms with Crippen LogP contribution in [0.25, 0.3) is 0 Å². The van der Waals surface area contributed by atoms with Gasteiger partial charge in [0.1, 0.15) is 17.9 Å². The number of thiazole rings is 1. The molecule has 35 heavy (non-hydrogen) atoms. The summed E-state index contributed by atoms with van der Waals surface area (Å²) in [5, 5.41) is 5.80. The molecule has 3 heterocycles. The van der Waals surface area contributed by atoms with Gasteiger partial charge in [-0.15, -0.1) is 11.3 Å². The van der Waals surface area contributed by atoms with Gasteiger partial charge < -0.3 is 10.6 Å². The highest BCUT2D eigenvalue weighted by atomic mass is 32.1. The van der Waals surface area contributed by atoms with Crippen LogP contribution in [0.3, 0.4) is 0 Å². The Hall–Kier alpha value is -3.63. The van der Waals surface area contributed by atoms with Crippen LogP contribution in [0.5, 0.6) is 0 Å². The maximum Gasteiger partial charge on any atom is 0.325 e. The Labute approximate surface area is 205 Å². The number of halogens is 1. The molecule has 0 aliphatic carbocycles. The number of urea groups is 1. The smallest absolute Gasteiger partial charge is 0.319 e. The summed E-state index contributed by atoms with van der Waals surface area (Å²) in [6.45, 7) is 3.57. The average molecular weight is 494 g/mol. The Kier molecular flexibility index (Phi) is 6.08. The van der Waals surface area contributed by atoms with Crippen LogP contribution in [0.15, 0.2) is 54.6 Å². The van der Waals surface area contributed by atoms with E-state index in [4.69, 9.17) is 0 Å². The van der Waals surface area contributed by atoms with Crippen molar-refractivity contribution in [3.05, 3.63) is 82.1 Å². The van der Waals surface area contributed by atoms with E-state index in [0.717, 1.165) is 41.5 Å². The van der Waals surface area contributed by atoms with Crippen molar-refractivity contribution in [3.63, 3.8) is 0 Å². The van der Waals surface area contributed by atoms with E-state index in [-0.39, 0.29) is 0 Å². The standard InChI is InChI=1S/C25H24FN5O3S/c1-25(17-7-9-18(26)10-8-17)22(33)31(24(34)29-25)15-21(32)28-23-27-19-11-12-30(14-20(19)35-23)13-16-5-3-2-4-6-16/h2-10H,11-15H2,1H3,(H,29,34)(H,27,28,32). The van der Waals surface area contributed by atoms with Crippen molar-refractivity contribution in [1.82, 2.24) is 20.1 Å². The predicted octanol–water partition coefficient (Wildman–Crippen LogP) is 3.25. The Morgan fingerprint density at radius 2 is 1.91 bits per heavy atom. The first-order chi connectivity index (χ1) is 16.8. The van der Waals surface area contributed by atoms with E-state index >= 15 is 0 Å². The van der Waals surface area contributed by atoms with Crippen LogP contribution in [0.1, 0.15) is 28.6 Å². The number of anilines is 1. The molecule has 1 fully saturated rings. The van der Waals surface area contributed by atoms with Crippen LogP contribution < -0.4 is 10.6 Å². The largest absolute Gasteiger partial charge is 0.325 e. The first-order valence-corrected chi connectivity index (χ1v) is 12.1. The molecule has 4 amide bonds. The number of nitrogens with zero attached hydrogens (tertiary/aromatic N) is 3. The second-order valence-corrected chi connectivity index (χ2v) is 9.92. The lowest BCUT2D eigenvalue weighted by Gasteiger charge is -2.25. The van der Waals surface area contributed by atoms with Crippen LogP contribution in [0.4, 0.5) is 14.3 Å². The van der Waals surface area contributed by atoms with E-state index in [9.17, 15) is 18.8 Å². The molecule has 2 N–H and O–H groups in total. The molecule has 2 aliphatic rings. The van der Waals surface area contributed by atoms with Gasteiger partial charge in [0.15, 0.2) is 5.13 Å². The number of amides is 4. The quantitative estimate of drug-likeness (QED) is 0.514. The molecule has 0 radical (unpaired) electrons. The summed E-state index contributed by atoms with van der Waals surface area (Å²) in [5.41, 5.74) is 1.28. The minimum atomic E-state index is -1.37. The number of fused-ring (bicyclic) bond motifs is 1. The molecule has 1 saturated heterocycles. The molecule has 1 aromatic heterocycles. The van der Waals surface area contributed by atoms with Crippen LogP contribution in [0.2, 0.25) is 0 Å². The number of hydrogen-bond acceptors (Lipinski definition) is 6. The summed E-state index contributed by atoms with van der Waals surface area (Å²) in [4.78, 5) is 47.0. The molecule has 0 bridgehead atoms. The summed E-state index contributed by atoms with van der Waals surface area (Å²) in [6.07, 6.45) is 0.789. The van der Waals surface area contributed by atoms with Gasteiger partial charge in [0.2, 0.25) is 5.91 Å². The highest BCUT2D eigenvalue weighted by Gasteiger charge is 2.49. The van der Waals surface area contributed by atoms with Crippen molar-refractivity contribution < 1.29 is 18.8 Å². The third-order valence-electron chi connectivity index (χ3n) is 6.30. The van der Waals surface area contributed by atoms with Gasteiger partial charge in [-0.05, 0) is 30.2 Å². The second-order valence-electron chi connectivity index (χ2n) is 8.84. The molecule has 1 atom stereocenters. The van der Waals surface area contributed by atoms with Crippen molar-refractivity contribution in [1.29, 1.82) is 0 Å². The van der Waals surface area contributed by atoms with Gasteiger partial charge in [-0.25, -0.2) is 14.2 Å². The van der Waals surface area contributed by atoms with E-state index in [1.54, 1.807) is 0 Å². The first kappa shape index (κ1) is 23.1. The Balaban J connectivity index is 1.21. The molecule has 180 valence electrons. The van der Waals surface area contributed by atoms with Gasteiger partial charge in [-0.2, -0.15) is 0 Å². The zero-order valence-electron chi connectivity index (χ0n) is 19.1. The summed E-state index contributed by atoms with van der Waals surface area (Å²) in [5.74, 6) is -1.52. The van der Waals surface area contributed by atoms with Crippen LogP contribution in [-0.4, -0.2) is 45.7 Å². The van der Waals surface area contributed by atoms with E-state index in [2.05, 4.69) is 32.7 Å². The predicted molar refractivity (Wildman–Crippen MR) is 129 cm³/mol. The average Bonchev–Trinajstić information content (AvgIpc) is 3.33. The van der Waals surface area contributed by atoms with Gasteiger partial charge in [-0.1, -0.05) is 42.5 Å². The van der Waals surface area contributed by atoms with E-state index in [0.29, 0.717) is 10.7 Å². The SMILES string of the molecule is CC1(c2ccc(F)cc2)NC(=O)N(CC(=O)Nc2nc3c(s2)CN(Cc2ccccc2)CC3)C1=O. The van der Waals surface area contributed by atoms with E-state index in [1.165, 1.54) is 48.1 Å². The highest BCUT2D eigenvalue weighted by molar-refractivity contribution is 7.15. The third kappa shape index (κ3) is 4.67. The summed E-state index contributed by atoms with van der Waals surface area (Å²) in [6, 6.07) is 14.9. The number of aromatic nitrogens is 1. The summed E-state index contributed by atoms with van der Waals surface area (Å²) < 4.78 is 13.3. The number of imide groups is 1. The Morgan fingerprint density at radius 1 is 1.17 bits per heavy atom. The molecule has 2 aliphatic heterocycles. The maximum absolute atomic E-state index is 13.3. The molecule has 8 nitrogen and oxygen atoms in total. The lowest BCUT2D eigenvalue weighted by molar-refractivity contribution is -0.133. The van der Waals surface area contributed by atoms with Crippen molar-refractivity contribution in [3.8, 4) is 0 Å². The molecule has 5 rings (SSSR count). The number of benzene rings is 2. The van der Waals surface area contributed by atoms with Crippen molar-refractivity contribution in [2.45, 2.75) is 32.0 Å². The molecule has 2 aromatic carbocycles. The first-order valence-electron chi connectivity index (χ1n) is 11.3. The zero-order valence-corrected chi connectivity index (χ0v) is 19.9. The van der Waals surface area contributed by atoms with Gasteiger partial charge in [0.25, 0.3) is 5.91 Å². The van der Waals surface area contributed by atoms with Gasteiger partial charge in [0, 0.05) is 30.9 Å². The fourth-order valence-electron chi connectivity index (χ4n) is 4.40. The minimum absolute atomic E-state index is 0.438. The van der Waals surface area contributed by atoms with Crippen LogP contribution >= 0.6 is 11.3 Å². The lowest BCUT2D eigenvalue weighted by Crippen LogP contribution is -2.42. The third-order valence-corrected chi connectivity index (χ3v) is 7.30. The number of rotatable bonds is 6. The fourth-order valence-corrected chi connectivity index (χ4v) is 5.47. The number of hydrogen-bond donors (Lipinski definition) is 2. The topological polar surface area (TPSA) is 94.6 Å². The van der Waals surface area contributed by atoms with Crippen LogP contribution in [-0.2, 0) is 34.6 Å². The zero-order chi connectivity index (χ0) is 24.6. The molecule has 3 aromatic rings.